The second kappa shape index (κ2) is 3.47. The Labute approximate surface area is 87.9 Å². The lowest BCUT2D eigenvalue weighted by Crippen LogP contribution is -2.02. The quantitative estimate of drug-likeness (QED) is 0.779. The summed E-state index contributed by atoms with van der Waals surface area (Å²) in [6.07, 6.45) is 0. The van der Waals surface area contributed by atoms with Crippen molar-refractivity contribution in [1.82, 2.24) is 4.57 Å². The minimum absolute atomic E-state index is 0.172. The molecule has 4 heteroatoms. The average Bonchev–Trinajstić information content (AvgIpc) is 2.57. The van der Waals surface area contributed by atoms with Gasteiger partial charge < -0.3 is 20.1 Å². The molecule has 0 spiro atoms. The van der Waals surface area contributed by atoms with Crippen molar-refractivity contribution in [3.8, 4) is 11.5 Å². The summed E-state index contributed by atoms with van der Waals surface area (Å²) in [5.74, 6) is 0.655. The van der Waals surface area contributed by atoms with E-state index in [1.54, 1.807) is 6.07 Å². The van der Waals surface area contributed by atoms with Crippen LogP contribution in [0.25, 0.3) is 10.9 Å². The first kappa shape index (κ1) is 9.86. The normalized spacial score (nSPS) is 10.9. The van der Waals surface area contributed by atoms with Gasteiger partial charge in [0.05, 0.1) is 12.6 Å². The first-order valence-corrected chi connectivity index (χ1v) is 4.73. The summed E-state index contributed by atoms with van der Waals surface area (Å²) in [5.41, 5.74) is 7.53. The fraction of sp³-hybridized carbons (Fsp3) is 0.273. The van der Waals surface area contributed by atoms with E-state index in [0.29, 0.717) is 12.3 Å². The number of nitrogens with two attached hydrogens (primary N) is 1. The van der Waals surface area contributed by atoms with Gasteiger partial charge >= 0.3 is 0 Å². The summed E-state index contributed by atoms with van der Waals surface area (Å²) < 4.78 is 7.01. The minimum Gasteiger partial charge on any atom is -0.504 e. The van der Waals surface area contributed by atoms with Gasteiger partial charge in [-0.05, 0) is 18.2 Å². The van der Waals surface area contributed by atoms with E-state index in [4.69, 9.17) is 10.5 Å². The number of phenolic OH excluding ortho intramolecular Hbond substituents is 1. The van der Waals surface area contributed by atoms with Gasteiger partial charge in [-0.25, -0.2) is 0 Å². The SMILES string of the molecule is COc1ccc2c(cc(CN)n2C)c1O. The highest BCUT2D eigenvalue weighted by Gasteiger charge is 2.11. The molecule has 1 aromatic heterocycles. The highest BCUT2D eigenvalue weighted by molar-refractivity contribution is 5.89. The monoisotopic (exact) mass is 206 g/mol. The summed E-state index contributed by atoms with van der Waals surface area (Å²) in [7, 11) is 3.46. The molecule has 0 saturated heterocycles. The number of benzene rings is 1. The van der Waals surface area contributed by atoms with Crippen LogP contribution in [-0.2, 0) is 13.6 Å². The molecule has 0 aliphatic rings. The van der Waals surface area contributed by atoms with Crippen LogP contribution in [-0.4, -0.2) is 16.8 Å². The van der Waals surface area contributed by atoms with Crippen LogP contribution < -0.4 is 10.5 Å². The zero-order valence-corrected chi connectivity index (χ0v) is 8.82. The molecule has 2 aromatic rings. The Hall–Kier alpha value is -1.68. The second-order valence-electron chi connectivity index (χ2n) is 3.45. The summed E-state index contributed by atoms with van der Waals surface area (Å²) in [6.45, 7) is 0.451. The molecule has 3 N–H and O–H groups in total. The van der Waals surface area contributed by atoms with E-state index in [0.717, 1.165) is 16.6 Å². The van der Waals surface area contributed by atoms with Crippen molar-refractivity contribution in [3.05, 3.63) is 23.9 Å². The predicted molar refractivity (Wildman–Crippen MR) is 59.0 cm³/mol. The molecule has 2 rings (SSSR count). The van der Waals surface area contributed by atoms with Crippen LogP contribution in [0.5, 0.6) is 11.5 Å². The second-order valence-corrected chi connectivity index (χ2v) is 3.45. The molecule has 0 fully saturated rings. The molecule has 1 heterocycles. The number of aromatic nitrogens is 1. The van der Waals surface area contributed by atoms with Crippen LogP contribution in [0.4, 0.5) is 0 Å². The van der Waals surface area contributed by atoms with Crippen molar-refractivity contribution in [2.24, 2.45) is 12.8 Å². The van der Waals surface area contributed by atoms with E-state index in [9.17, 15) is 5.11 Å². The highest BCUT2D eigenvalue weighted by Crippen LogP contribution is 2.35. The predicted octanol–water partition coefficient (Wildman–Crippen LogP) is 1.35. The van der Waals surface area contributed by atoms with E-state index < -0.39 is 0 Å². The summed E-state index contributed by atoms with van der Waals surface area (Å²) in [4.78, 5) is 0. The largest absolute Gasteiger partial charge is 0.504 e. The number of ether oxygens (including phenoxy) is 1. The molecule has 1 aromatic carbocycles. The first-order valence-electron chi connectivity index (χ1n) is 4.73. The fourth-order valence-electron chi connectivity index (χ4n) is 1.79. The summed E-state index contributed by atoms with van der Waals surface area (Å²) in [6, 6.07) is 5.54. The molecule has 0 radical (unpaired) electrons. The molecule has 0 aliphatic heterocycles. The lowest BCUT2D eigenvalue weighted by molar-refractivity contribution is 0.376. The molecule has 0 amide bonds. The van der Waals surface area contributed by atoms with Crippen LogP contribution in [0.2, 0.25) is 0 Å². The fourth-order valence-corrected chi connectivity index (χ4v) is 1.79. The Morgan fingerprint density at radius 1 is 1.47 bits per heavy atom. The van der Waals surface area contributed by atoms with E-state index in [2.05, 4.69) is 0 Å². The van der Waals surface area contributed by atoms with E-state index in [1.165, 1.54) is 7.11 Å². The third-order valence-corrected chi connectivity index (χ3v) is 2.69. The molecule has 0 unspecified atom stereocenters. The van der Waals surface area contributed by atoms with Gasteiger partial charge in [0, 0.05) is 24.7 Å². The molecular formula is C11H14N2O2. The number of fused-ring (bicyclic) bond motifs is 1. The number of nitrogens with zero attached hydrogens (tertiary/aromatic N) is 1. The van der Waals surface area contributed by atoms with Crippen LogP contribution in [0.1, 0.15) is 5.69 Å². The molecule has 0 aliphatic carbocycles. The molecule has 0 bridgehead atoms. The maximum atomic E-state index is 9.90. The van der Waals surface area contributed by atoms with Crippen molar-refractivity contribution >= 4 is 10.9 Å². The van der Waals surface area contributed by atoms with Gasteiger partial charge in [0.15, 0.2) is 11.5 Å². The Bertz CT molecular complexity index is 503. The van der Waals surface area contributed by atoms with E-state index in [-0.39, 0.29) is 5.75 Å². The van der Waals surface area contributed by atoms with E-state index in [1.807, 2.05) is 23.7 Å². The zero-order valence-electron chi connectivity index (χ0n) is 8.82. The Morgan fingerprint density at radius 2 is 2.20 bits per heavy atom. The van der Waals surface area contributed by atoms with Gasteiger partial charge in [-0.2, -0.15) is 0 Å². The maximum absolute atomic E-state index is 9.90. The standard InChI is InChI=1S/C11H14N2O2/c1-13-7(6-12)5-8-9(13)3-4-10(15-2)11(8)14/h3-5,14H,6,12H2,1-2H3. The van der Waals surface area contributed by atoms with Crippen LogP contribution in [0, 0.1) is 0 Å². The topological polar surface area (TPSA) is 60.4 Å². The smallest absolute Gasteiger partial charge is 0.167 e. The van der Waals surface area contributed by atoms with Gasteiger partial charge in [0.25, 0.3) is 0 Å². The third kappa shape index (κ3) is 1.34. The molecule has 0 atom stereocenters. The number of hydrogen-bond acceptors (Lipinski definition) is 3. The van der Waals surface area contributed by atoms with Crippen molar-refractivity contribution in [2.75, 3.05) is 7.11 Å². The first-order chi connectivity index (χ1) is 7.19. The number of hydrogen-bond donors (Lipinski definition) is 2. The zero-order chi connectivity index (χ0) is 11.0. The number of phenols is 1. The van der Waals surface area contributed by atoms with Crippen LogP contribution >= 0.6 is 0 Å². The van der Waals surface area contributed by atoms with Gasteiger partial charge in [0.2, 0.25) is 0 Å². The van der Waals surface area contributed by atoms with Gasteiger partial charge in [-0.1, -0.05) is 0 Å². The van der Waals surface area contributed by atoms with Gasteiger partial charge in [-0.3, -0.25) is 0 Å². The number of aromatic hydroxyl groups is 1. The lowest BCUT2D eigenvalue weighted by atomic mass is 10.2. The Balaban J connectivity index is 2.77. The number of aryl methyl sites for hydroxylation is 1. The number of rotatable bonds is 2. The van der Waals surface area contributed by atoms with Crippen molar-refractivity contribution < 1.29 is 9.84 Å². The summed E-state index contributed by atoms with van der Waals surface area (Å²) in [5, 5.41) is 10.7. The lowest BCUT2D eigenvalue weighted by Gasteiger charge is -2.04. The highest BCUT2D eigenvalue weighted by atomic mass is 16.5. The van der Waals surface area contributed by atoms with E-state index >= 15 is 0 Å². The Morgan fingerprint density at radius 3 is 2.80 bits per heavy atom. The molecule has 4 nitrogen and oxygen atoms in total. The van der Waals surface area contributed by atoms with Crippen LogP contribution in [0.3, 0.4) is 0 Å². The van der Waals surface area contributed by atoms with Crippen LogP contribution in [0.15, 0.2) is 18.2 Å². The van der Waals surface area contributed by atoms with Crippen molar-refractivity contribution in [3.63, 3.8) is 0 Å². The summed E-state index contributed by atoms with van der Waals surface area (Å²) >= 11 is 0. The molecule has 0 saturated carbocycles. The minimum atomic E-state index is 0.172. The molecule has 15 heavy (non-hydrogen) atoms. The van der Waals surface area contributed by atoms with Crippen molar-refractivity contribution in [2.45, 2.75) is 6.54 Å². The Kier molecular flexibility index (Phi) is 2.28. The van der Waals surface area contributed by atoms with Gasteiger partial charge in [0.1, 0.15) is 0 Å². The van der Waals surface area contributed by atoms with Gasteiger partial charge in [-0.15, -0.1) is 0 Å². The molecular weight excluding hydrogens is 192 g/mol. The third-order valence-electron chi connectivity index (χ3n) is 2.69. The molecule has 80 valence electrons. The maximum Gasteiger partial charge on any atom is 0.167 e. The number of methoxy groups -OCH3 is 1. The average molecular weight is 206 g/mol. The van der Waals surface area contributed by atoms with Crippen molar-refractivity contribution in [1.29, 1.82) is 0 Å².